The lowest BCUT2D eigenvalue weighted by Gasteiger charge is -2.13. The minimum atomic E-state index is -0.910. The highest BCUT2D eigenvalue weighted by atomic mass is 16.4. The summed E-state index contributed by atoms with van der Waals surface area (Å²) in [5.74, 6) is -0.910. The summed E-state index contributed by atoms with van der Waals surface area (Å²) in [4.78, 5) is 10.9. The molecule has 1 aromatic rings. The van der Waals surface area contributed by atoms with Crippen molar-refractivity contribution in [2.45, 2.75) is 25.8 Å². The van der Waals surface area contributed by atoms with Crippen LogP contribution in [0.4, 0.5) is 0 Å². The Kier molecular flexibility index (Phi) is 3.65. The number of carboxylic acid groups (broad SMARTS) is 1. The molecule has 1 atom stereocenters. The van der Waals surface area contributed by atoms with Gasteiger partial charge in [-0.05, 0) is 18.1 Å². The molecule has 14 heavy (non-hydrogen) atoms. The van der Waals surface area contributed by atoms with E-state index >= 15 is 0 Å². The lowest BCUT2D eigenvalue weighted by molar-refractivity contribution is 0.0695. The van der Waals surface area contributed by atoms with Crippen LogP contribution >= 0.6 is 0 Å². The van der Waals surface area contributed by atoms with E-state index in [2.05, 4.69) is 0 Å². The maximum Gasteiger partial charge on any atom is 0.336 e. The molecule has 3 heteroatoms. The molecular formula is C11H15NO2. The zero-order valence-corrected chi connectivity index (χ0v) is 8.23. The molecule has 3 N–H and O–H groups in total. The lowest BCUT2D eigenvalue weighted by Crippen LogP contribution is -2.14. The van der Waals surface area contributed by atoms with E-state index in [0.717, 1.165) is 18.4 Å². The minimum Gasteiger partial charge on any atom is -0.478 e. The van der Waals surface area contributed by atoms with Crippen molar-refractivity contribution in [3.05, 3.63) is 35.4 Å². The maximum absolute atomic E-state index is 10.9. The molecule has 0 saturated carbocycles. The van der Waals surface area contributed by atoms with Gasteiger partial charge in [-0.2, -0.15) is 0 Å². The predicted molar refractivity (Wildman–Crippen MR) is 55.2 cm³/mol. The van der Waals surface area contributed by atoms with Crippen LogP contribution in [0, 0.1) is 0 Å². The third-order valence-corrected chi connectivity index (χ3v) is 2.19. The van der Waals surface area contributed by atoms with Gasteiger partial charge in [0.05, 0.1) is 5.56 Å². The molecule has 0 unspecified atom stereocenters. The fourth-order valence-electron chi connectivity index (χ4n) is 1.48. The van der Waals surface area contributed by atoms with E-state index in [1.807, 2.05) is 13.0 Å². The molecule has 1 rings (SSSR count). The van der Waals surface area contributed by atoms with Crippen LogP contribution in [0.3, 0.4) is 0 Å². The number of hydrogen-bond donors (Lipinski definition) is 2. The smallest absolute Gasteiger partial charge is 0.336 e. The molecule has 3 nitrogen and oxygen atoms in total. The van der Waals surface area contributed by atoms with E-state index in [-0.39, 0.29) is 6.04 Å². The van der Waals surface area contributed by atoms with Gasteiger partial charge in [-0.1, -0.05) is 31.5 Å². The summed E-state index contributed by atoms with van der Waals surface area (Å²) in [6, 6.07) is 6.73. The van der Waals surface area contributed by atoms with E-state index in [1.54, 1.807) is 18.2 Å². The average molecular weight is 193 g/mol. The molecular weight excluding hydrogens is 178 g/mol. The average Bonchev–Trinajstić information content (AvgIpc) is 2.18. The topological polar surface area (TPSA) is 63.3 Å². The van der Waals surface area contributed by atoms with Gasteiger partial charge < -0.3 is 10.8 Å². The molecule has 0 heterocycles. The lowest BCUT2D eigenvalue weighted by atomic mass is 9.98. The standard InChI is InChI=1S/C11H15NO2/c1-2-5-10(12)8-6-3-4-7-9(8)11(13)14/h3-4,6-7,10H,2,5,12H2,1H3,(H,13,14)/t10-/m1/s1. The fraction of sp³-hybridized carbons (Fsp3) is 0.364. The summed E-state index contributed by atoms with van der Waals surface area (Å²) in [7, 11) is 0. The molecule has 0 amide bonds. The zero-order valence-electron chi connectivity index (χ0n) is 8.23. The van der Waals surface area contributed by atoms with Crippen LogP contribution in [-0.4, -0.2) is 11.1 Å². The molecule has 0 aliphatic heterocycles. The third-order valence-electron chi connectivity index (χ3n) is 2.19. The van der Waals surface area contributed by atoms with Gasteiger partial charge in [0.2, 0.25) is 0 Å². The van der Waals surface area contributed by atoms with Crippen molar-refractivity contribution in [3.63, 3.8) is 0 Å². The third kappa shape index (κ3) is 2.33. The van der Waals surface area contributed by atoms with Gasteiger partial charge >= 0.3 is 5.97 Å². The Hall–Kier alpha value is -1.35. The maximum atomic E-state index is 10.9. The first-order valence-corrected chi connectivity index (χ1v) is 4.74. The Morgan fingerprint density at radius 3 is 2.71 bits per heavy atom. The number of carbonyl (C=O) groups is 1. The summed E-state index contributed by atoms with van der Waals surface area (Å²) in [5.41, 5.74) is 6.92. The number of benzene rings is 1. The first-order chi connectivity index (χ1) is 6.66. The van der Waals surface area contributed by atoms with Crippen LogP contribution in [0.2, 0.25) is 0 Å². The van der Waals surface area contributed by atoms with Gasteiger partial charge in [0.1, 0.15) is 0 Å². The number of nitrogens with two attached hydrogens (primary N) is 1. The van der Waals surface area contributed by atoms with Crippen molar-refractivity contribution in [1.82, 2.24) is 0 Å². The molecule has 0 spiro atoms. The molecule has 0 bridgehead atoms. The summed E-state index contributed by atoms with van der Waals surface area (Å²) in [6.07, 6.45) is 1.76. The molecule has 0 saturated heterocycles. The molecule has 0 aromatic heterocycles. The highest BCUT2D eigenvalue weighted by Crippen LogP contribution is 2.19. The molecule has 1 aromatic carbocycles. The van der Waals surface area contributed by atoms with Gasteiger partial charge in [-0.15, -0.1) is 0 Å². The van der Waals surface area contributed by atoms with Crippen molar-refractivity contribution >= 4 is 5.97 Å². The fourth-order valence-corrected chi connectivity index (χ4v) is 1.48. The van der Waals surface area contributed by atoms with E-state index in [1.165, 1.54) is 0 Å². The van der Waals surface area contributed by atoms with Crippen LogP contribution < -0.4 is 5.73 Å². The van der Waals surface area contributed by atoms with Gasteiger partial charge in [0.15, 0.2) is 0 Å². The molecule has 0 fully saturated rings. The highest BCUT2D eigenvalue weighted by Gasteiger charge is 2.13. The van der Waals surface area contributed by atoms with Crippen LogP contribution in [0.1, 0.15) is 41.7 Å². The van der Waals surface area contributed by atoms with Crippen molar-refractivity contribution in [3.8, 4) is 0 Å². The minimum absolute atomic E-state index is 0.174. The first kappa shape index (κ1) is 10.7. The van der Waals surface area contributed by atoms with Crippen molar-refractivity contribution in [1.29, 1.82) is 0 Å². The van der Waals surface area contributed by atoms with Crippen molar-refractivity contribution < 1.29 is 9.90 Å². The van der Waals surface area contributed by atoms with Gasteiger partial charge in [-0.25, -0.2) is 4.79 Å². The predicted octanol–water partition coefficient (Wildman–Crippen LogP) is 2.18. The Balaban J connectivity index is 3.00. The molecule has 0 aliphatic carbocycles. The van der Waals surface area contributed by atoms with E-state index in [4.69, 9.17) is 10.8 Å². The second-order valence-corrected chi connectivity index (χ2v) is 3.29. The van der Waals surface area contributed by atoms with Crippen LogP contribution in [0.15, 0.2) is 24.3 Å². The second kappa shape index (κ2) is 4.77. The van der Waals surface area contributed by atoms with Crippen molar-refractivity contribution in [2.75, 3.05) is 0 Å². The van der Waals surface area contributed by atoms with Crippen LogP contribution in [0.25, 0.3) is 0 Å². The number of rotatable bonds is 4. The van der Waals surface area contributed by atoms with Crippen LogP contribution in [-0.2, 0) is 0 Å². The van der Waals surface area contributed by atoms with Gasteiger partial charge in [-0.3, -0.25) is 0 Å². The monoisotopic (exact) mass is 193 g/mol. The SMILES string of the molecule is CCC[C@@H](N)c1ccccc1C(=O)O. The van der Waals surface area contributed by atoms with Gasteiger partial charge in [0.25, 0.3) is 0 Å². The zero-order chi connectivity index (χ0) is 10.6. The van der Waals surface area contributed by atoms with E-state index in [9.17, 15) is 4.79 Å². The Morgan fingerprint density at radius 1 is 1.50 bits per heavy atom. The first-order valence-electron chi connectivity index (χ1n) is 4.74. The Bertz CT molecular complexity index is 323. The summed E-state index contributed by atoms with van der Waals surface area (Å²) >= 11 is 0. The summed E-state index contributed by atoms with van der Waals surface area (Å²) in [5, 5.41) is 8.93. The quantitative estimate of drug-likeness (QED) is 0.770. The molecule has 0 radical (unpaired) electrons. The molecule has 76 valence electrons. The van der Waals surface area contributed by atoms with E-state index < -0.39 is 5.97 Å². The Morgan fingerprint density at radius 2 is 2.14 bits per heavy atom. The summed E-state index contributed by atoms with van der Waals surface area (Å²) in [6.45, 7) is 2.03. The number of hydrogen-bond acceptors (Lipinski definition) is 2. The second-order valence-electron chi connectivity index (χ2n) is 3.29. The van der Waals surface area contributed by atoms with E-state index in [0.29, 0.717) is 5.56 Å². The van der Waals surface area contributed by atoms with Crippen molar-refractivity contribution in [2.24, 2.45) is 5.73 Å². The molecule has 0 aliphatic rings. The highest BCUT2D eigenvalue weighted by molar-refractivity contribution is 5.89. The number of carboxylic acids is 1. The normalized spacial score (nSPS) is 12.4. The summed E-state index contributed by atoms with van der Waals surface area (Å²) < 4.78 is 0. The number of aromatic carboxylic acids is 1. The van der Waals surface area contributed by atoms with Gasteiger partial charge in [0, 0.05) is 6.04 Å². The largest absolute Gasteiger partial charge is 0.478 e. The van der Waals surface area contributed by atoms with Crippen LogP contribution in [0.5, 0.6) is 0 Å². The Labute approximate surface area is 83.6 Å².